The third-order valence-corrected chi connectivity index (χ3v) is 7.84. The molecule has 1 amide bonds. The first-order valence-corrected chi connectivity index (χ1v) is 15.1. The Balaban J connectivity index is 1.19. The fourth-order valence-corrected chi connectivity index (χ4v) is 5.25. The van der Waals surface area contributed by atoms with Gasteiger partial charge in [0.25, 0.3) is 0 Å². The van der Waals surface area contributed by atoms with Gasteiger partial charge >= 0.3 is 5.97 Å². The van der Waals surface area contributed by atoms with E-state index in [-0.39, 0.29) is 17.6 Å². The molecule has 0 aliphatic heterocycles. The van der Waals surface area contributed by atoms with Crippen LogP contribution in [0.15, 0.2) is 103 Å². The van der Waals surface area contributed by atoms with Gasteiger partial charge in [0.2, 0.25) is 5.91 Å². The van der Waals surface area contributed by atoms with E-state index >= 15 is 0 Å². The Labute approximate surface area is 262 Å². The average molecular weight is 611 g/mol. The number of ether oxygens (including phenoxy) is 2. The molecule has 1 aliphatic carbocycles. The Morgan fingerprint density at radius 1 is 0.886 bits per heavy atom. The number of rotatable bonds is 14. The molecule has 4 aromatic carbocycles. The number of ketones is 1. The van der Waals surface area contributed by atoms with Gasteiger partial charge in [-0.25, -0.2) is 4.79 Å². The lowest BCUT2D eigenvalue weighted by Crippen LogP contribution is -2.34. The smallest absolute Gasteiger partial charge is 0.328 e. The Morgan fingerprint density at radius 2 is 1.57 bits per heavy atom. The standard InChI is InChI=1S/C36H35ClN2O5/c1-43-36(42)32(38-31-14-7-5-12-29(31)34(40)26-10-3-2-4-11-26)24-25-16-20-28(21-17-25)44-23-9-22-39(35(41)27-18-19-27)33-15-8-6-13-30(33)37/h2-8,10-17,20-21,27,32,38H,9,18-19,22-24H2,1H3/t32-/m0/s1. The molecule has 0 unspecified atom stereocenters. The predicted octanol–water partition coefficient (Wildman–Crippen LogP) is 6.98. The fourth-order valence-electron chi connectivity index (χ4n) is 5.02. The molecule has 4 aromatic rings. The van der Waals surface area contributed by atoms with Crippen LogP contribution >= 0.6 is 11.6 Å². The first kappa shape index (κ1) is 30.8. The van der Waals surface area contributed by atoms with Crippen LogP contribution in [-0.2, 0) is 20.7 Å². The number of hydrogen-bond donors (Lipinski definition) is 1. The number of benzene rings is 4. The maximum absolute atomic E-state index is 13.2. The van der Waals surface area contributed by atoms with Crippen molar-refractivity contribution in [2.45, 2.75) is 31.7 Å². The number of para-hydroxylation sites is 2. The highest BCUT2D eigenvalue weighted by atomic mass is 35.5. The number of hydrogen-bond acceptors (Lipinski definition) is 6. The summed E-state index contributed by atoms with van der Waals surface area (Å²) in [7, 11) is 1.35. The number of nitrogens with one attached hydrogen (secondary N) is 1. The third-order valence-electron chi connectivity index (χ3n) is 7.52. The summed E-state index contributed by atoms with van der Waals surface area (Å²) in [5.41, 5.74) is 3.23. The predicted molar refractivity (Wildman–Crippen MR) is 173 cm³/mol. The maximum atomic E-state index is 13.2. The molecule has 0 spiro atoms. The number of halogens is 1. The number of anilines is 2. The van der Waals surface area contributed by atoms with Gasteiger partial charge in [0.15, 0.2) is 5.78 Å². The summed E-state index contributed by atoms with van der Waals surface area (Å²) in [5.74, 6) is 0.318. The summed E-state index contributed by atoms with van der Waals surface area (Å²) in [6, 6.07) is 30.4. The SMILES string of the molecule is COC(=O)[C@H](Cc1ccc(OCCCN(C(=O)C2CC2)c2ccccc2Cl)cc1)Nc1ccccc1C(=O)c1ccccc1. The summed E-state index contributed by atoms with van der Waals surface area (Å²) in [6.45, 7) is 0.939. The van der Waals surface area contributed by atoms with Gasteiger partial charge in [-0.3, -0.25) is 9.59 Å². The van der Waals surface area contributed by atoms with E-state index < -0.39 is 12.0 Å². The molecule has 226 valence electrons. The summed E-state index contributed by atoms with van der Waals surface area (Å²) < 4.78 is 11.0. The van der Waals surface area contributed by atoms with Crippen LogP contribution in [0.2, 0.25) is 5.02 Å². The molecule has 1 saturated carbocycles. The van der Waals surface area contributed by atoms with Crippen molar-refractivity contribution < 1.29 is 23.9 Å². The largest absolute Gasteiger partial charge is 0.494 e. The van der Waals surface area contributed by atoms with Crippen molar-refractivity contribution in [3.8, 4) is 5.75 Å². The second-order valence-corrected chi connectivity index (χ2v) is 11.1. The highest BCUT2D eigenvalue weighted by molar-refractivity contribution is 6.33. The van der Waals surface area contributed by atoms with Crippen molar-refractivity contribution in [1.82, 2.24) is 0 Å². The van der Waals surface area contributed by atoms with Gasteiger partial charge in [0, 0.05) is 35.7 Å². The zero-order chi connectivity index (χ0) is 30.9. The minimum absolute atomic E-state index is 0.0841. The first-order chi connectivity index (χ1) is 21.4. The molecule has 1 fully saturated rings. The topological polar surface area (TPSA) is 84.9 Å². The Bertz CT molecular complexity index is 1590. The van der Waals surface area contributed by atoms with Crippen LogP contribution in [0.4, 0.5) is 11.4 Å². The summed E-state index contributed by atoms with van der Waals surface area (Å²) in [6.07, 6.45) is 2.83. The molecule has 1 N–H and O–H groups in total. The van der Waals surface area contributed by atoms with E-state index in [4.69, 9.17) is 21.1 Å². The third kappa shape index (κ3) is 7.85. The molecule has 1 aliphatic rings. The van der Waals surface area contributed by atoms with E-state index in [9.17, 15) is 14.4 Å². The van der Waals surface area contributed by atoms with Gasteiger partial charge < -0.3 is 19.7 Å². The van der Waals surface area contributed by atoms with Crippen molar-refractivity contribution >= 4 is 40.6 Å². The van der Waals surface area contributed by atoms with Crippen LogP contribution in [0.1, 0.15) is 40.7 Å². The van der Waals surface area contributed by atoms with Crippen molar-refractivity contribution in [2.75, 3.05) is 30.5 Å². The van der Waals surface area contributed by atoms with Gasteiger partial charge in [-0.05, 0) is 61.2 Å². The maximum Gasteiger partial charge on any atom is 0.328 e. The van der Waals surface area contributed by atoms with Gasteiger partial charge in [-0.2, -0.15) is 0 Å². The highest BCUT2D eigenvalue weighted by Crippen LogP contribution is 2.35. The molecule has 0 bridgehead atoms. The van der Waals surface area contributed by atoms with Crippen molar-refractivity contribution in [3.63, 3.8) is 0 Å². The highest BCUT2D eigenvalue weighted by Gasteiger charge is 2.34. The summed E-state index contributed by atoms with van der Waals surface area (Å²) in [5, 5.41) is 3.79. The van der Waals surface area contributed by atoms with Crippen molar-refractivity contribution in [1.29, 1.82) is 0 Å². The number of nitrogens with zero attached hydrogens (tertiary/aromatic N) is 1. The molecule has 0 saturated heterocycles. The van der Waals surface area contributed by atoms with Crippen molar-refractivity contribution in [2.24, 2.45) is 5.92 Å². The number of carbonyl (C=O) groups excluding carboxylic acids is 3. The van der Waals surface area contributed by atoms with Crippen LogP contribution in [0, 0.1) is 5.92 Å². The Hall–Kier alpha value is -4.62. The molecule has 0 radical (unpaired) electrons. The molecule has 1 atom stereocenters. The Morgan fingerprint density at radius 3 is 2.27 bits per heavy atom. The van der Waals surface area contributed by atoms with Gasteiger partial charge in [-0.1, -0.05) is 78.3 Å². The van der Waals surface area contributed by atoms with Gasteiger partial charge in [-0.15, -0.1) is 0 Å². The lowest BCUT2D eigenvalue weighted by atomic mass is 10.00. The fraction of sp³-hybridized carbons (Fsp3) is 0.250. The molecular formula is C36H35ClN2O5. The average Bonchev–Trinajstić information content (AvgIpc) is 3.91. The number of esters is 1. The quantitative estimate of drug-likeness (QED) is 0.0942. The van der Waals surface area contributed by atoms with E-state index in [1.165, 1.54) is 7.11 Å². The molecule has 7 nitrogen and oxygen atoms in total. The monoisotopic (exact) mass is 610 g/mol. The molecule has 44 heavy (non-hydrogen) atoms. The van der Waals surface area contributed by atoms with Crippen LogP contribution in [0.5, 0.6) is 5.75 Å². The minimum Gasteiger partial charge on any atom is -0.494 e. The molecule has 0 aromatic heterocycles. The van der Waals surface area contributed by atoms with Crippen molar-refractivity contribution in [3.05, 3.63) is 125 Å². The lowest BCUT2D eigenvalue weighted by Gasteiger charge is -2.24. The van der Waals surface area contributed by atoms with E-state index in [2.05, 4.69) is 5.32 Å². The normalized spacial score (nSPS) is 13.0. The van der Waals surface area contributed by atoms with Crippen LogP contribution in [-0.4, -0.2) is 44.0 Å². The molecule has 0 heterocycles. The lowest BCUT2D eigenvalue weighted by molar-refractivity contribution is -0.141. The van der Waals surface area contributed by atoms with E-state index in [1.54, 1.807) is 41.3 Å². The molecule has 8 heteroatoms. The van der Waals surface area contributed by atoms with Gasteiger partial charge in [0.1, 0.15) is 11.8 Å². The second-order valence-electron chi connectivity index (χ2n) is 10.7. The van der Waals surface area contributed by atoms with E-state index in [0.29, 0.717) is 53.6 Å². The van der Waals surface area contributed by atoms with Crippen LogP contribution < -0.4 is 15.0 Å². The Kier molecular flexibility index (Phi) is 10.3. The van der Waals surface area contributed by atoms with E-state index in [1.807, 2.05) is 66.7 Å². The molecule has 5 rings (SSSR count). The van der Waals surface area contributed by atoms with Gasteiger partial charge in [0.05, 0.1) is 24.4 Å². The number of methoxy groups -OCH3 is 1. The number of carbonyl (C=O) groups is 3. The molecular weight excluding hydrogens is 576 g/mol. The zero-order valence-electron chi connectivity index (χ0n) is 24.6. The summed E-state index contributed by atoms with van der Waals surface area (Å²) >= 11 is 6.40. The second kappa shape index (κ2) is 14.7. The number of amides is 1. The minimum atomic E-state index is -0.712. The zero-order valence-corrected chi connectivity index (χ0v) is 25.3. The summed E-state index contributed by atoms with van der Waals surface area (Å²) in [4.78, 5) is 40.6. The first-order valence-electron chi connectivity index (χ1n) is 14.8. The van der Waals surface area contributed by atoms with Crippen LogP contribution in [0.25, 0.3) is 0 Å². The van der Waals surface area contributed by atoms with E-state index in [0.717, 1.165) is 24.1 Å². The van der Waals surface area contributed by atoms with Crippen LogP contribution in [0.3, 0.4) is 0 Å².